The summed E-state index contributed by atoms with van der Waals surface area (Å²) < 4.78 is 22.7. The third-order valence-corrected chi connectivity index (χ3v) is 4.59. The van der Waals surface area contributed by atoms with E-state index in [0.29, 0.717) is 0 Å². The van der Waals surface area contributed by atoms with Crippen LogP contribution in [0.15, 0.2) is 24.3 Å². The summed E-state index contributed by atoms with van der Waals surface area (Å²) in [6.45, 7) is 3.45. The van der Waals surface area contributed by atoms with E-state index >= 15 is 0 Å². The molecule has 0 spiro atoms. The van der Waals surface area contributed by atoms with Crippen LogP contribution < -0.4 is 11.1 Å². The minimum absolute atomic E-state index is 0.280. The molecular formula is C15H20N2O3S. The van der Waals surface area contributed by atoms with Gasteiger partial charge in [-0.15, -0.1) is 0 Å². The first-order chi connectivity index (χ1) is 9.75. The van der Waals surface area contributed by atoms with Gasteiger partial charge < -0.3 is 11.1 Å². The zero-order chi connectivity index (χ0) is 16.0. The van der Waals surface area contributed by atoms with Crippen LogP contribution >= 0.6 is 0 Å². The van der Waals surface area contributed by atoms with Crippen molar-refractivity contribution in [3.05, 3.63) is 35.4 Å². The van der Waals surface area contributed by atoms with Crippen molar-refractivity contribution < 1.29 is 13.2 Å². The predicted molar refractivity (Wildman–Crippen MR) is 83.2 cm³/mol. The molecule has 5 nitrogen and oxygen atoms in total. The lowest BCUT2D eigenvalue weighted by Gasteiger charge is -2.17. The van der Waals surface area contributed by atoms with Gasteiger partial charge in [0.05, 0.1) is 12.6 Å². The second-order valence-corrected chi connectivity index (χ2v) is 7.20. The summed E-state index contributed by atoms with van der Waals surface area (Å²) in [6.07, 6.45) is 1.05. The summed E-state index contributed by atoms with van der Waals surface area (Å²) in [4.78, 5) is 11.9. The van der Waals surface area contributed by atoms with Gasteiger partial charge in [0.1, 0.15) is 5.25 Å². The molecule has 1 amide bonds. The number of benzene rings is 1. The highest BCUT2D eigenvalue weighted by Crippen LogP contribution is 2.14. The van der Waals surface area contributed by atoms with Crippen molar-refractivity contribution in [3.8, 4) is 11.8 Å². The lowest BCUT2D eigenvalue weighted by molar-refractivity contribution is -0.121. The van der Waals surface area contributed by atoms with Crippen molar-refractivity contribution in [1.29, 1.82) is 0 Å². The monoisotopic (exact) mass is 308 g/mol. The fourth-order valence-corrected chi connectivity index (χ4v) is 2.10. The standard InChI is InChI=1S/C15H20N2O3S/c1-11(17-15(18)12(2)21(3,19)20)14-8-4-6-13(10-14)7-5-9-16/h4,6,8,10-12H,9,16H2,1-3H3,(H,17,18). The number of carbonyl (C=O) groups is 1. The maximum absolute atomic E-state index is 11.9. The predicted octanol–water partition coefficient (Wildman–Crippen LogP) is 0.607. The molecule has 0 aliphatic carbocycles. The molecule has 0 aliphatic rings. The van der Waals surface area contributed by atoms with Gasteiger partial charge in [-0.05, 0) is 31.5 Å². The van der Waals surface area contributed by atoms with Crippen LogP contribution in [0.4, 0.5) is 0 Å². The van der Waals surface area contributed by atoms with Crippen molar-refractivity contribution in [2.24, 2.45) is 5.73 Å². The van der Waals surface area contributed by atoms with Crippen LogP contribution in [-0.2, 0) is 14.6 Å². The van der Waals surface area contributed by atoms with Crippen molar-refractivity contribution in [2.75, 3.05) is 12.8 Å². The van der Waals surface area contributed by atoms with Crippen molar-refractivity contribution in [1.82, 2.24) is 5.32 Å². The van der Waals surface area contributed by atoms with E-state index in [0.717, 1.165) is 17.4 Å². The normalized spacial score (nSPS) is 13.7. The van der Waals surface area contributed by atoms with Crippen LogP contribution in [0.3, 0.4) is 0 Å². The maximum Gasteiger partial charge on any atom is 0.238 e. The molecule has 0 aromatic heterocycles. The van der Waals surface area contributed by atoms with Crippen LogP contribution in [0.5, 0.6) is 0 Å². The summed E-state index contributed by atoms with van der Waals surface area (Å²) in [5.41, 5.74) is 6.98. The SMILES string of the molecule is CC(NC(=O)C(C)S(C)(=O)=O)c1cccc(C#CCN)c1. The number of sulfone groups is 1. The molecule has 0 radical (unpaired) electrons. The summed E-state index contributed by atoms with van der Waals surface area (Å²) in [6, 6.07) is 7.07. The summed E-state index contributed by atoms with van der Waals surface area (Å²) in [5, 5.41) is 1.63. The topological polar surface area (TPSA) is 89.3 Å². The van der Waals surface area contributed by atoms with Crippen LogP contribution in [0.2, 0.25) is 0 Å². The number of carbonyl (C=O) groups excluding carboxylic acids is 1. The third kappa shape index (κ3) is 5.21. The van der Waals surface area contributed by atoms with Gasteiger partial charge in [0, 0.05) is 11.8 Å². The zero-order valence-corrected chi connectivity index (χ0v) is 13.2. The van der Waals surface area contributed by atoms with E-state index in [1.165, 1.54) is 6.92 Å². The zero-order valence-electron chi connectivity index (χ0n) is 12.4. The Morgan fingerprint density at radius 2 is 2.05 bits per heavy atom. The maximum atomic E-state index is 11.9. The van der Waals surface area contributed by atoms with E-state index in [4.69, 9.17) is 5.73 Å². The van der Waals surface area contributed by atoms with E-state index < -0.39 is 21.0 Å². The Hall–Kier alpha value is -1.84. The summed E-state index contributed by atoms with van der Waals surface area (Å²) in [7, 11) is -3.40. The number of rotatable bonds is 4. The molecule has 0 heterocycles. The second kappa shape index (κ2) is 7.25. The first-order valence-electron chi connectivity index (χ1n) is 6.54. The molecule has 0 saturated carbocycles. The summed E-state index contributed by atoms with van der Waals surface area (Å²) in [5.74, 6) is 5.17. The highest BCUT2D eigenvalue weighted by Gasteiger charge is 2.24. The molecule has 3 N–H and O–H groups in total. The minimum atomic E-state index is -3.40. The molecule has 2 unspecified atom stereocenters. The lowest BCUT2D eigenvalue weighted by Crippen LogP contribution is -2.38. The molecule has 6 heteroatoms. The van der Waals surface area contributed by atoms with E-state index in [1.54, 1.807) is 6.92 Å². The fourth-order valence-electron chi connectivity index (χ4n) is 1.65. The summed E-state index contributed by atoms with van der Waals surface area (Å²) >= 11 is 0. The van der Waals surface area contributed by atoms with Crippen molar-refractivity contribution >= 4 is 15.7 Å². The van der Waals surface area contributed by atoms with E-state index in [9.17, 15) is 13.2 Å². The number of nitrogens with two attached hydrogens (primary N) is 1. The first kappa shape index (κ1) is 17.2. The molecule has 1 rings (SSSR count). The Bertz CT molecular complexity index is 672. The van der Waals surface area contributed by atoms with Crippen LogP contribution in [0.1, 0.15) is 31.0 Å². The molecule has 0 bridgehead atoms. The third-order valence-electron chi connectivity index (χ3n) is 3.09. The van der Waals surface area contributed by atoms with Crippen molar-refractivity contribution in [3.63, 3.8) is 0 Å². The largest absolute Gasteiger partial charge is 0.348 e. The number of nitrogens with one attached hydrogen (secondary N) is 1. The van der Waals surface area contributed by atoms with E-state index in [1.807, 2.05) is 24.3 Å². The Labute approximate surface area is 125 Å². The van der Waals surface area contributed by atoms with Crippen LogP contribution in [0.25, 0.3) is 0 Å². The average Bonchev–Trinajstić information content (AvgIpc) is 2.43. The van der Waals surface area contributed by atoms with Crippen LogP contribution in [0, 0.1) is 11.8 Å². The fraction of sp³-hybridized carbons (Fsp3) is 0.400. The molecule has 0 saturated heterocycles. The Morgan fingerprint density at radius 1 is 1.38 bits per heavy atom. The Balaban J connectivity index is 2.85. The molecule has 114 valence electrons. The number of amides is 1. The number of hydrogen-bond donors (Lipinski definition) is 2. The second-order valence-electron chi connectivity index (χ2n) is 4.83. The van der Waals surface area contributed by atoms with Crippen molar-refractivity contribution in [2.45, 2.75) is 25.1 Å². The highest BCUT2D eigenvalue weighted by atomic mass is 32.2. The Kier molecular flexibility index (Phi) is 5.94. The smallest absolute Gasteiger partial charge is 0.238 e. The molecule has 21 heavy (non-hydrogen) atoms. The molecular weight excluding hydrogens is 288 g/mol. The molecule has 0 aliphatic heterocycles. The van der Waals surface area contributed by atoms with Gasteiger partial charge in [-0.3, -0.25) is 4.79 Å². The molecule has 1 aromatic rings. The van der Waals surface area contributed by atoms with Crippen LogP contribution in [-0.4, -0.2) is 32.4 Å². The van der Waals surface area contributed by atoms with Gasteiger partial charge in [0.25, 0.3) is 0 Å². The average molecular weight is 308 g/mol. The van der Waals surface area contributed by atoms with E-state index in [2.05, 4.69) is 17.2 Å². The first-order valence-corrected chi connectivity index (χ1v) is 8.49. The van der Waals surface area contributed by atoms with Gasteiger partial charge in [0.15, 0.2) is 9.84 Å². The van der Waals surface area contributed by atoms with Gasteiger partial charge in [-0.25, -0.2) is 8.42 Å². The molecule has 2 atom stereocenters. The number of hydrogen-bond acceptors (Lipinski definition) is 4. The quantitative estimate of drug-likeness (QED) is 0.798. The minimum Gasteiger partial charge on any atom is -0.348 e. The van der Waals surface area contributed by atoms with Gasteiger partial charge in [0.2, 0.25) is 5.91 Å². The Morgan fingerprint density at radius 3 is 2.62 bits per heavy atom. The van der Waals surface area contributed by atoms with Gasteiger partial charge in [-0.1, -0.05) is 24.0 Å². The highest BCUT2D eigenvalue weighted by molar-refractivity contribution is 7.92. The lowest BCUT2D eigenvalue weighted by atomic mass is 10.1. The van der Waals surface area contributed by atoms with Gasteiger partial charge >= 0.3 is 0 Å². The molecule has 0 fully saturated rings. The van der Waals surface area contributed by atoms with E-state index in [-0.39, 0.29) is 12.6 Å². The van der Waals surface area contributed by atoms with Gasteiger partial charge in [-0.2, -0.15) is 0 Å². The molecule has 1 aromatic carbocycles.